The van der Waals surface area contributed by atoms with Gasteiger partial charge in [0.2, 0.25) is 5.13 Å². The zero-order chi connectivity index (χ0) is 21.8. The highest BCUT2D eigenvalue weighted by atomic mass is 32.2. The molecule has 4 rings (SSSR count). The molecular weight excluding hydrogens is 432 g/mol. The summed E-state index contributed by atoms with van der Waals surface area (Å²) in [5.74, 6) is -0.392. The maximum Gasteiger partial charge on any atom is 0.264 e. The molecule has 9 heteroatoms. The summed E-state index contributed by atoms with van der Waals surface area (Å²) < 4.78 is 26.9. The van der Waals surface area contributed by atoms with Crippen LogP contribution in [0.15, 0.2) is 89.8 Å². The fraction of sp³-hybridized carbons (Fsp3) is 0.0455. The maximum atomic E-state index is 12.9. The lowest BCUT2D eigenvalue weighted by Crippen LogP contribution is -2.26. The van der Waals surface area contributed by atoms with E-state index in [9.17, 15) is 13.2 Å². The monoisotopic (exact) mass is 450 g/mol. The number of para-hydroxylation sites is 1. The number of anilines is 2. The molecule has 1 N–H and O–H groups in total. The number of hydrogen-bond acceptors (Lipinski definition) is 6. The molecule has 0 bridgehead atoms. The fourth-order valence-electron chi connectivity index (χ4n) is 2.85. The molecular formula is C22H18N4O3S2. The van der Waals surface area contributed by atoms with Crippen molar-refractivity contribution in [2.24, 2.45) is 0 Å². The normalized spacial score (nSPS) is 11.1. The first kappa shape index (κ1) is 20.7. The Morgan fingerprint density at radius 3 is 2.13 bits per heavy atom. The zero-order valence-corrected chi connectivity index (χ0v) is 18.1. The third kappa shape index (κ3) is 4.47. The summed E-state index contributed by atoms with van der Waals surface area (Å²) in [5, 5.41) is 11.9. The van der Waals surface area contributed by atoms with Crippen LogP contribution in [0.25, 0.3) is 10.6 Å². The molecule has 0 unspecified atom stereocenters. The van der Waals surface area contributed by atoms with Crippen LogP contribution in [0, 0.1) is 0 Å². The van der Waals surface area contributed by atoms with Gasteiger partial charge in [0, 0.05) is 18.2 Å². The van der Waals surface area contributed by atoms with Crippen molar-refractivity contribution < 1.29 is 13.2 Å². The Hall–Kier alpha value is -3.56. The van der Waals surface area contributed by atoms with E-state index in [0.29, 0.717) is 21.4 Å². The second kappa shape index (κ2) is 8.66. The van der Waals surface area contributed by atoms with Crippen LogP contribution < -0.4 is 9.62 Å². The number of amides is 1. The van der Waals surface area contributed by atoms with E-state index in [1.165, 1.54) is 47.0 Å². The maximum absolute atomic E-state index is 12.9. The van der Waals surface area contributed by atoms with Crippen LogP contribution in [0.5, 0.6) is 0 Å². The van der Waals surface area contributed by atoms with E-state index in [4.69, 9.17) is 0 Å². The zero-order valence-electron chi connectivity index (χ0n) is 16.5. The number of carbonyl (C=O) groups excluding carboxylic acids is 1. The second-order valence-corrected chi connectivity index (χ2v) is 9.51. The standard InChI is InChI=1S/C22H18N4O3S2/c1-26(18-10-6-3-7-11-18)31(28,29)19-14-12-16(13-15-19)20(27)23-22-25-24-21(30-22)17-8-4-2-5-9-17/h2-15H,1H3,(H,23,25,27). The Morgan fingerprint density at radius 2 is 1.48 bits per heavy atom. The molecule has 3 aromatic carbocycles. The predicted octanol–water partition coefficient (Wildman–Crippen LogP) is 4.28. The van der Waals surface area contributed by atoms with Crippen molar-refractivity contribution in [3.8, 4) is 10.6 Å². The second-order valence-electron chi connectivity index (χ2n) is 6.56. The van der Waals surface area contributed by atoms with E-state index in [1.807, 2.05) is 36.4 Å². The fourth-order valence-corrected chi connectivity index (χ4v) is 4.79. The minimum Gasteiger partial charge on any atom is -0.296 e. The molecule has 0 radical (unpaired) electrons. The SMILES string of the molecule is CN(c1ccccc1)S(=O)(=O)c1ccc(C(=O)Nc2nnc(-c3ccccc3)s2)cc1. The van der Waals surface area contributed by atoms with Crippen LogP contribution >= 0.6 is 11.3 Å². The third-order valence-electron chi connectivity index (χ3n) is 4.56. The number of hydrogen-bond donors (Lipinski definition) is 1. The highest BCUT2D eigenvalue weighted by Crippen LogP contribution is 2.26. The number of sulfonamides is 1. The molecule has 0 saturated carbocycles. The predicted molar refractivity (Wildman–Crippen MR) is 122 cm³/mol. The Kier molecular flexibility index (Phi) is 5.79. The van der Waals surface area contributed by atoms with Gasteiger partial charge in [-0.2, -0.15) is 0 Å². The van der Waals surface area contributed by atoms with Crippen molar-refractivity contribution in [1.82, 2.24) is 10.2 Å². The molecule has 1 heterocycles. The topological polar surface area (TPSA) is 92.3 Å². The van der Waals surface area contributed by atoms with E-state index in [2.05, 4.69) is 15.5 Å². The number of carbonyl (C=O) groups is 1. The molecule has 0 aliphatic heterocycles. The molecule has 156 valence electrons. The lowest BCUT2D eigenvalue weighted by molar-refractivity contribution is 0.102. The van der Waals surface area contributed by atoms with Crippen molar-refractivity contribution in [3.05, 3.63) is 90.5 Å². The lowest BCUT2D eigenvalue weighted by Gasteiger charge is -2.19. The Balaban J connectivity index is 1.48. The number of benzene rings is 3. The first-order chi connectivity index (χ1) is 14.9. The van der Waals surface area contributed by atoms with Crippen LogP contribution in [-0.2, 0) is 10.0 Å². The van der Waals surface area contributed by atoms with Crippen molar-refractivity contribution in [3.63, 3.8) is 0 Å². The molecule has 0 aliphatic rings. The number of nitrogens with zero attached hydrogens (tertiary/aromatic N) is 3. The largest absolute Gasteiger partial charge is 0.296 e. The van der Waals surface area contributed by atoms with Gasteiger partial charge in [-0.25, -0.2) is 8.42 Å². The van der Waals surface area contributed by atoms with Gasteiger partial charge >= 0.3 is 0 Å². The van der Waals surface area contributed by atoms with Crippen LogP contribution in [0.4, 0.5) is 10.8 Å². The number of rotatable bonds is 6. The molecule has 4 aromatic rings. The van der Waals surface area contributed by atoms with Gasteiger partial charge in [0.15, 0.2) is 0 Å². The van der Waals surface area contributed by atoms with Crippen molar-refractivity contribution in [2.45, 2.75) is 4.90 Å². The molecule has 0 spiro atoms. The third-order valence-corrected chi connectivity index (χ3v) is 7.25. The highest BCUT2D eigenvalue weighted by Gasteiger charge is 2.21. The minimum atomic E-state index is -3.74. The molecule has 1 amide bonds. The van der Waals surface area contributed by atoms with Crippen molar-refractivity contribution >= 4 is 38.1 Å². The van der Waals surface area contributed by atoms with Gasteiger partial charge in [0.05, 0.1) is 10.6 Å². The van der Waals surface area contributed by atoms with Crippen molar-refractivity contribution in [1.29, 1.82) is 0 Å². The summed E-state index contributed by atoms with van der Waals surface area (Å²) in [5.41, 5.74) is 1.78. The molecule has 7 nitrogen and oxygen atoms in total. The Bertz CT molecular complexity index is 1290. The average Bonchev–Trinajstić information content (AvgIpc) is 3.28. The molecule has 31 heavy (non-hydrogen) atoms. The molecule has 1 aromatic heterocycles. The quantitative estimate of drug-likeness (QED) is 0.473. The summed E-state index contributed by atoms with van der Waals surface area (Å²) in [6.45, 7) is 0. The summed E-state index contributed by atoms with van der Waals surface area (Å²) in [7, 11) is -2.25. The van der Waals surface area contributed by atoms with E-state index >= 15 is 0 Å². The first-order valence-corrected chi connectivity index (χ1v) is 11.5. The summed E-state index contributed by atoms with van der Waals surface area (Å²) in [6, 6.07) is 24.1. The van der Waals surface area contributed by atoms with Gasteiger partial charge in [-0.1, -0.05) is 59.9 Å². The van der Waals surface area contributed by atoms with Crippen LogP contribution in [0.2, 0.25) is 0 Å². The van der Waals surface area contributed by atoms with Crippen LogP contribution in [0.1, 0.15) is 10.4 Å². The van der Waals surface area contributed by atoms with E-state index in [0.717, 1.165) is 5.56 Å². The Morgan fingerprint density at radius 1 is 0.871 bits per heavy atom. The lowest BCUT2D eigenvalue weighted by atomic mass is 10.2. The van der Waals surface area contributed by atoms with E-state index in [-0.39, 0.29) is 4.90 Å². The Labute approximate surface area is 184 Å². The molecule has 0 fully saturated rings. The van der Waals surface area contributed by atoms with Gasteiger partial charge in [-0.15, -0.1) is 10.2 Å². The van der Waals surface area contributed by atoms with Gasteiger partial charge in [-0.3, -0.25) is 14.4 Å². The van der Waals surface area contributed by atoms with Gasteiger partial charge < -0.3 is 0 Å². The average molecular weight is 451 g/mol. The molecule has 0 atom stereocenters. The van der Waals surface area contributed by atoms with Crippen LogP contribution in [0.3, 0.4) is 0 Å². The summed E-state index contributed by atoms with van der Waals surface area (Å²) in [4.78, 5) is 12.6. The molecule has 0 aliphatic carbocycles. The molecule has 0 saturated heterocycles. The van der Waals surface area contributed by atoms with E-state index in [1.54, 1.807) is 24.3 Å². The van der Waals surface area contributed by atoms with Crippen LogP contribution in [-0.4, -0.2) is 31.6 Å². The van der Waals surface area contributed by atoms with Gasteiger partial charge in [0.1, 0.15) is 5.01 Å². The van der Waals surface area contributed by atoms with E-state index < -0.39 is 15.9 Å². The highest BCUT2D eigenvalue weighted by molar-refractivity contribution is 7.92. The number of aromatic nitrogens is 2. The van der Waals surface area contributed by atoms with Gasteiger partial charge in [0.25, 0.3) is 15.9 Å². The first-order valence-electron chi connectivity index (χ1n) is 9.29. The number of nitrogens with one attached hydrogen (secondary N) is 1. The van der Waals surface area contributed by atoms with Crippen molar-refractivity contribution in [2.75, 3.05) is 16.7 Å². The summed E-state index contributed by atoms with van der Waals surface area (Å²) >= 11 is 1.26. The summed E-state index contributed by atoms with van der Waals surface area (Å²) in [6.07, 6.45) is 0. The smallest absolute Gasteiger partial charge is 0.264 e. The van der Waals surface area contributed by atoms with Gasteiger partial charge in [-0.05, 0) is 36.4 Å². The minimum absolute atomic E-state index is 0.0951.